The van der Waals surface area contributed by atoms with Crippen LogP contribution in [0.15, 0.2) is 17.1 Å². The smallest absolute Gasteiger partial charge is 0.433 e. The molecule has 0 atom stereocenters. The zero-order valence-corrected chi connectivity index (χ0v) is 14.6. The molecule has 0 fully saturated rings. The summed E-state index contributed by atoms with van der Waals surface area (Å²) in [5.74, 6) is 0. The van der Waals surface area contributed by atoms with Gasteiger partial charge in [-0.3, -0.25) is 0 Å². The quantitative estimate of drug-likeness (QED) is 0.353. The van der Waals surface area contributed by atoms with Gasteiger partial charge in [-0.25, -0.2) is 9.37 Å². The molecule has 0 saturated carbocycles. The summed E-state index contributed by atoms with van der Waals surface area (Å²) in [6, 6.07) is 0. The van der Waals surface area contributed by atoms with E-state index in [1.165, 1.54) is 45.6 Å². The van der Waals surface area contributed by atoms with E-state index in [1.807, 2.05) is 12.2 Å². The number of hydrogen-bond acceptors (Lipinski definition) is 2. The lowest BCUT2D eigenvalue weighted by Gasteiger charge is -2.06. The van der Waals surface area contributed by atoms with Crippen LogP contribution in [-0.4, -0.2) is 42.8 Å². The van der Waals surface area contributed by atoms with Crippen molar-refractivity contribution in [3.63, 3.8) is 0 Å². The molecule has 0 aromatic heterocycles. The van der Waals surface area contributed by atoms with Gasteiger partial charge in [0.15, 0.2) is 12.8 Å². The number of unbranched alkanes of at least 4 members (excludes halogenated alkanes) is 5. The van der Waals surface area contributed by atoms with Gasteiger partial charge in [-0.2, -0.15) is 4.99 Å². The molecule has 0 aliphatic carbocycles. The van der Waals surface area contributed by atoms with Crippen LogP contribution in [0.4, 0.5) is 4.79 Å². The monoisotopic (exact) mass is 392 g/mol. The summed E-state index contributed by atoms with van der Waals surface area (Å²) in [6.45, 7) is 3.95. The molecule has 0 saturated heterocycles. The summed E-state index contributed by atoms with van der Waals surface area (Å²) in [4.78, 5) is 15.0. The van der Waals surface area contributed by atoms with Crippen molar-refractivity contribution in [2.75, 3.05) is 20.2 Å². The fraction of sp³-hybridized carbons (Fsp3) is 0.667. The molecule has 20 heavy (non-hydrogen) atoms. The van der Waals surface area contributed by atoms with E-state index in [1.54, 1.807) is 0 Å². The third-order valence-corrected chi connectivity index (χ3v) is 3.16. The molecule has 0 aromatic rings. The van der Waals surface area contributed by atoms with Crippen LogP contribution in [0.3, 0.4) is 0 Å². The topological polar surface area (TPSA) is 41.7 Å². The fourth-order valence-corrected chi connectivity index (χ4v) is 2.07. The lowest BCUT2D eigenvalue weighted by atomic mass is 10.1. The van der Waals surface area contributed by atoms with Gasteiger partial charge in [0, 0.05) is 12.5 Å². The van der Waals surface area contributed by atoms with Crippen LogP contribution in [0.1, 0.15) is 45.4 Å². The lowest BCUT2D eigenvalue weighted by molar-refractivity contribution is -0.508. The zero-order chi connectivity index (χ0) is 13.9. The third-order valence-electron chi connectivity index (χ3n) is 3.16. The summed E-state index contributed by atoms with van der Waals surface area (Å²) >= 11 is 0. The fourth-order valence-electron chi connectivity index (χ4n) is 2.07. The second-order valence-electron chi connectivity index (χ2n) is 4.82. The van der Waals surface area contributed by atoms with E-state index < -0.39 is 6.09 Å². The molecule has 0 aromatic carbocycles. The minimum atomic E-state index is -0.527. The molecular weight excluding hydrogens is 367 g/mol. The second kappa shape index (κ2) is 12.1. The molecule has 1 amide bonds. The van der Waals surface area contributed by atoms with Gasteiger partial charge < -0.3 is 28.7 Å². The highest BCUT2D eigenvalue weighted by molar-refractivity contribution is 6.04. The molecule has 0 spiro atoms. The van der Waals surface area contributed by atoms with E-state index in [4.69, 9.17) is 0 Å². The number of ether oxygens (including phenoxy) is 1. The minimum Gasteiger partial charge on any atom is -1.00 e. The first-order valence-electron chi connectivity index (χ1n) is 7.17. The van der Waals surface area contributed by atoms with Gasteiger partial charge in [-0.15, -0.1) is 0 Å². The van der Waals surface area contributed by atoms with Crippen LogP contribution < -0.4 is 24.0 Å². The molecule has 4 nitrogen and oxygen atoms in total. The summed E-state index contributed by atoms with van der Waals surface area (Å²) in [6.07, 6.45) is 13.1. The van der Waals surface area contributed by atoms with E-state index in [0.717, 1.165) is 12.3 Å². The Morgan fingerprint density at radius 2 is 2.00 bits per heavy atom. The maximum Gasteiger partial charge on any atom is 0.433 e. The van der Waals surface area contributed by atoms with E-state index >= 15 is 0 Å². The molecule has 0 unspecified atom stereocenters. The number of carbonyl (C=O) groups excluding carboxylic acids is 1. The Morgan fingerprint density at radius 3 is 2.70 bits per heavy atom. The number of methoxy groups -OCH3 is 1. The van der Waals surface area contributed by atoms with Gasteiger partial charge in [0.2, 0.25) is 0 Å². The molecule has 1 rings (SSSR count). The van der Waals surface area contributed by atoms with Gasteiger partial charge in [0.1, 0.15) is 12.3 Å². The molecule has 0 bridgehead atoms. The van der Waals surface area contributed by atoms with Crippen LogP contribution in [0.5, 0.6) is 0 Å². The Kier molecular flexibility index (Phi) is 11.6. The summed E-state index contributed by atoms with van der Waals surface area (Å²) < 4.78 is 6.73. The highest BCUT2D eigenvalue weighted by Gasteiger charge is 2.12. The first-order valence-corrected chi connectivity index (χ1v) is 7.17. The Bertz CT molecular complexity index is 376. The number of halogens is 1. The number of rotatable bonds is 7. The minimum absolute atomic E-state index is 0. The number of carbonyl (C=O) groups is 1. The summed E-state index contributed by atoms with van der Waals surface area (Å²) in [5.41, 5.74) is 0.764. The number of aliphatic imine (C=N–C) groups is 1. The number of amides is 1. The number of nitrogens with zero attached hydrogens (tertiary/aromatic N) is 2. The number of allylic oxidation sites excluding steroid dienone is 1. The molecule has 5 heteroatoms. The van der Waals surface area contributed by atoms with Gasteiger partial charge >= 0.3 is 6.09 Å². The first-order chi connectivity index (χ1) is 9.26. The predicted octanol–water partition coefficient (Wildman–Crippen LogP) is 0.211. The first kappa shape index (κ1) is 19.3. The molecule has 0 radical (unpaired) electrons. The van der Waals surface area contributed by atoms with Crippen molar-refractivity contribution in [1.29, 1.82) is 0 Å². The molecule has 1 aliphatic rings. The van der Waals surface area contributed by atoms with E-state index in [9.17, 15) is 4.79 Å². The van der Waals surface area contributed by atoms with Crippen molar-refractivity contribution in [1.82, 2.24) is 0 Å². The molecule has 1 aliphatic heterocycles. The van der Waals surface area contributed by atoms with Crippen molar-refractivity contribution >= 4 is 18.0 Å². The Labute approximate surface area is 139 Å². The zero-order valence-electron chi connectivity index (χ0n) is 12.5. The maximum atomic E-state index is 11.1. The molecule has 0 N–H and O–H groups in total. The van der Waals surface area contributed by atoms with Crippen LogP contribution >= 0.6 is 0 Å². The largest absolute Gasteiger partial charge is 1.00 e. The van der Waals surface area contributed by atoms with Crippen molar-refractivity contribution < 1.29 is 38.1 Å². The van der Waals surface area contributed by atoms with Gasteiger partial charge in [0.25, 0.3) is 0 Å². The molecule has 1 heterocycles. The van der Waals surface area contributed by atoms with E-state index in [-0.39, 0.29) is 24.0 Å². The van der Waals surface area contributed by atoms with E-state index in [2.05, 4.69) is 27.4 Å². The van der Waals surface area contributed by atoms with Crippen molar-refractivity contribution in [2.24, 2.45) is 4.99 Å². The van der Waals surface area contributed by atoms with Gasteiger partial charge in [0.05, 0.1) is 7.11 Å². The third kappa shape index (κ3) is 8.45. The van der Waals surface area contributed by atoms with E-state index in [0.29, 0.717) is 6.54 Å². The summed E-state index contributed by atoms with van der Waals surface area (Å²) in [7, 11) is 1.35. The number of hydrogen-bond donors (Lipinski definition) is 0. The molecular formula is C15H25IN2O2. The molecule has 114 valence electrons. The normalized spacial score (nSPS) is 15.7. The average molecular weight is 392 g/mol. The van der Waals surface area contributed by atoms with Crippen LogP contribution in [-0.2, 0) is 4.74 Å². The van der Waals surface area contributed by atoms with Crippen molar-refractivity contribution in [2.45, 2.75) is 45.4 Å². The summed E-state index contributed by atoms with van der Waals surface area (Å²) in [5, 5.41) is 0. The lowest BCUT2D eigenvalue weighted by Crippen LogP contribution is -3.00. The second-order valence-corrected chi connectivity index (χ2v) is 4.82. The SMILES string of the molecule is CCCCCCCC[N+]1=CC=CC(=NC(=O)OC)C1.[I-]. The Hall–Kier alpha value is -0.720. The average Bonchev–Trinajstić information content (AvgIpc) is 2.43. The Balaban J connectivity index is 0.00000361. The van der Waals surface area contributed by atoms with Crippen LogP contribution in [0.25, 0.3) is 0 Å². The van der Waals surface area contributed by atoms with Gasteiger partial charge in [-0.05, 0) is 12.5 Å². The van der Waals surface area contributed by atoms with Gasteiger partial charge in [-0.1, -0.05) is 32.6 Å². The van der Waals surface area contributed by atoms with Crippen molar-refractivity contribution in [3.8, 4) is 0 Å². The standard InChI is InChI=1S/C15H25N2O2.HI/c1-3-4-5-6-7-8-11-17-12-9-10-14(13-17)16-15(18)19-2;/h9-10,12H,3-8,11,13H2,1-2H3;1H/q+1;/p-1. The highest BCUT2D eigenvalue weighted by atomic mass is 127. The maximum absolute atomic E-state index is 11.1. The van der Waals surface area contributed by atoms with Crippen LogP contribution in [0.2, 0.25) is 0 Å². The highest BCUT2D eigenvalue weighted by Crippen LogP contribution is 2.05. The predicted molar refractivity (Wildman–Crippen MR) is 78.4 cm³/mol. The van der Waals surface area contributed by atoms with Crippen molar-refractivity contribution in [3.05, 3.63) is 12.2 Å². The van der Waals surface area contributed by atoms with Crippen LogP contribution in [0, 0.1) is 0 Å². The Morgan fingerprint density at radius 1 is 1.30 bits per heavy atom.